The third-order valence-electron chi connectivity index (χ3n) is 8.44. The number of aliphatic hydroxyl groups is 1. The minimum Gasteiger partial charge on any atom is -0.477 e. The molecular weight excluding hydrogens is 455 g/mol. The minimum atomic E-state index is -1.18. The number of carboxylic acids is 1. The summed E-state index contributed by atoms with van der Waals surface area (Å²) >= 11 is 1.65. The molecule has 1 aliphatic carbocycles. The summed E-state index contributed by atoms with van der Waals surface area (Å²) in [4.78, 5) is 29.4. The van der Waals surface area contributed by atoms with E-state index in [1.54, 1.807) is 18.7 Å². The van der Waals surface area contributed by atoms with Gasteiger partial charge in [-0.3, -0.25) is 9.69 Å². The van der Waals surface area contributed by atoms with Crippen molar-refractivity contribution in [3.63, 3.8) is 0 Å². The lowest BCUT2D eigenvalue weighted by Crippen LogP contribution is -2.63. The number of rotatable bonds is 10. The Morgan fingerprint density at radius 3 is 2.50 bits per heavy atom. The summed E-state index contributed by atoms with van der Waals surface area (Å²) in [6, 6.07) is 0.352. The number of hydrogen-bond donors (Lipinski definition) is 4. The van der Waals surface area contributed by atoms with Crippen LogP contribution in [0.1, 0.15) is 65.2 Å². The van der Waals surface area contributed by atoms with Gasteiger partial charge in [0.05, 0.1) is 18.1 Å². The molecule has 8 nitrogen and oxygen atoms in total. The van der Waals surface area contributed by atoms with Gasteiger partial charge in [-0.25, -0.2) is 4.79 Å². The second-order valence-electron chi connectivity index (χ2n) is 10.7. The lowest BCUT2D eigenvalue weighted by atomic mass is 9.79. The third kappa shape index (κ3) is 5.21. The van der Waals surface area contributed by atoms with Crippen molar-refractivity contribution in [1.29, 1.82) is 0 Å². The Morgan fingerprint density at radius 2 is 1.88 bits per heavy atom. The molecule has 0 bridgehead atoms. The van der Waals surface area contributed by atoms with Gasteiger partial charge in [-0.15, -0.1) is 11.8 Å². The fraction of sp³-hybridized carbons (Fsp3) is 0.833. The second-order valence-corrected chi connectivity index (χ2v) is 12.1. The molecule has 3 aliphatic heterocycles. The van der Waals surface area contributed by atoms with Gasteiger partial charge >= 0.3 is 13.1 Å². The maximum absolute atomic E-state index is 12.6. The summed E-state index contributed by atoms with van der Waals surface area (Å²) in [5.74, 6) is -1.14. The van der Waals surface area contributed by atoms with Gasteiger partial charge in [-0.2, -0.15) is 0 Å². The Balaban J connectivity index is 1.28. The van der Waals surface area contributed by atoms with Gasteiger partial charge in [-0.05, 0) is 57.8 Å². The van der Waals surface area contributed by atoms with E-state index in [0.717, 1.165) is 43.2 Å². The summed E-state index contributed by atoms with van der Waals surface area (Å²) in [6.07, 6.45) is 8.68. The standard InChI is InChI=1S/C24H39BN2O6S/c1-14-20-19(15(2)28)23(29)27(20)21(24(30)31)22(14)34-18-10-12-26(13-18)17-8-6-16(7-9-17)5-3-4-11-25(32)33/h14-20,28,32-33H,3-13H2,1-2H3,(H,30,31)/t14-,15-,16?,17?,18-,19-,20-/m1/s1. The summed E-state index contributed by atoms with van der Waals surface area (Å²) < 4.78 is 0. The number of carboxylic acid groups (broad SMARTS) is 1. The van der Waals surface area contributed by atoms with Crippen molar-refractivity contribution in [2.75, 3.05) is 13.1 Å². The molecule has 1 saturated carbocycles. The maximum Gasteiger partial charge on any atom is 0.451 e. The van der Waals surface area contributed by atoms with E-state index in [0.29, 0.717) is 17.6 Å². The van der Waals surface area contributed by atoms with Crippen LogP contribution in [-0.4, -0.2) is 85.6 Å². The van der Waals surface area contributed by atoms with E-state index in [9.17, 15) is 19.8 Å². The minimum absolute atomic E-state index is 0.0650. The molecule has 3 heterocycles. The number of carbonyl (C=O) groups is 2. The monoisotopic (exact) mass is 494 g/mol. The average molecular weight is 494 g/mol. The van der Waals surface area contributed by atoms with Crippen molar-refractivity contribution in [2.45, 2.75) is 95.0 Å². The van der Waals surface area contributed by atoms with E-state index >= 15 is 0 Å². The van der Waals surface area contributed by atoms with E-state index in [1.807, 2.05) is 6.92 Å². The van der Waals surface area contributed by atoms with Crippen molar-refractivity contribution < 1.29 is 29.9 Å². The molecule has 0 aromatic heterocycles. The fourth-order valence-corrected chi connectivity index (χ4v) is 8.10. The number of carbonyl (C=O) groups excluding carboxylic acids is 1. The van der Waals surface area contributed by atoms with Gasteiger partial charge < -0.3 is 25.2 Å². The molecule has 1 amide bonds. The molecule has 0 radical (unpaired) electrons. The first kappa shape index (κ1) is 26.0. The van der Waals surface area contributed by atoms with Crippen molar-refractivity contribution in [2.24, 2.45) is 17.8 Å². The van der Waals surface area contributed by atoms with Gasteiger partial charge in [0, 0.05) is 28.7 Å². The molecule has 34 heavy (non-hydrogen) atoms. The number of nitrogens with zero attached hydrogens (tertiary/aromatic N) is 2. The van der Waals surface area contributed by atoms with Gasteiger partial charge in [0.15, 0.2) is 0 Å². The summed E-state index contributed by atoms with van der Waals surface area (Å²) in [6.45, 7) is 5.60. The van der Waals surface area contributed by atoms with Crippen molar-refractivity contribution in [3.8, 4) is 0 Å². The average Bonchev–Trinajstić information content (AvgIpc) is 3.33. The molecule has 0 spiro atoms. The predicted octanol–water partition coefficient (Wildman–Crippen LogP) is 2.15. The van der Waals surface area contributed by atoms with E-state index in [2.05, 4.69) is 4.90 Å². The number of likely N-dealkylation sites (tertiary alicyclic amines) is 1. The predicted molar refractivity (Wildman–Crippen MR) is 132 cm³/mol. The maximum atomic E-state index is 12.6. The van der Waals surface area contributed by atoms with E-state index in [-0.39, 0.29) is 23.6 Å². The Morgan fingerprint density at radius 1 is 1.18 bits per heavy atom. The Hall–Kier alpha value is -1.07. The lowest BCUT2D eigenvalue weighted by Gasteiger charge is -2.46. The largest absolute Gasteiger partial charge is 0.477 e. The highest BCUT2D eigenvalue weighted by atomic mass is 32.2. The van der Waals surface area contributed by atoms with E-state index in [1.165, 1.54) is 37.0 Å². The number of fused-ring (bicyclic) bond motifs is 1. The number of thioether (sulfide) groups is 1. The molecule has 10 heteroatoms. The van der Waals surface area contributed by atoms with Crippen LogP contribution in [0, 0.1) is 17.8 Å². The van der Waals surface area contributed by atoms with Gasteiger partial charge in [0.2, 0.25) is 5.91 Å². The topological polar surface area (TPSA) is 122 Å². The quantitative estimate of drug-likeness (QED) is 0.207. The number of aliphatic hydroxyl groups excluding tert-OH is 1. The van der Waals surface area contributed by atoms with Gasteiger partial charge in [0.25, 0.3) is 0 Å². The highest BCUT2D eigenvalue weighted by Crippen LogP contribution is 2.52. The number of aliphatic carboxylic acids is 1. The van der Waals surface area contributed by atoms with Gasteiger partial charge in [-0.1, -0.05) is 26.2 Å². The third-order valence-corrected chi connectivity index (χ3v) is 9.98. The Bertz CT molecular complexity index is 800. The van der Waals surface area contributed by atoms with Crippen molar-refractivity contribution >= 4 is 30.8 Å². The van der Waals surface area contributed by atoms with Crippen LogP contribution in [0.15, 0.2) is 10.6 Å². The van der Waals surface area contributed by atoms with E-state index < -0.39 is 25.1 Å². The van der Waals surface area contributed by atoms with Crippen LogP contribution in [-0.2, 0) is 9.59 Å². The first-order chi connectivity index (χ1) is 16.2. The number of amides is 1. The fourth-order valence-electron chi connectivity index (χ4n) is 6.60. The van der Waals surface area contributed by atoms with Crippen LogP contribution < -0.4 is 0 Å². The second kappa shape index (κ2) is 10.9. The molecule has 4 N–H and O–H groups in total. The molecule has 0 unspecified atom stereocenters. The summed E-state index contributed by atoms with van der Waals surface area (Å²) in [5.41, 5.74) is 0.136. The highest BCUT2D eigenvalue weighted by molar-refractivity contribution is 8.03. The highest BCUT2D eigenvalue weighted by Gasteiger charge is 2.60. The molecule has 0 aromatic carbocycles. The smallest absolute Gasteiger partial charge is 0.451 e. The molecule has 0 aromatic rings. The number of unbranched alkanes of at least 4 members (excludes halogenated alkanes) is 1. The molecule has 4 aliphatic rings. The van der Waals surface area contributed by atoms with Crippen LogP contribution in [0.5, 0.6) is 0 Å². The van der Waals surface area contributed by atoms with Crippen LogP contribution >= 0.6 is 11.8 Å². The molecule has 5 atom stereocenters. The first-order valence-corrected chi connectivity index (χ1v) is 13.8. The number of β-lactam (4-membered cyclic amide) rings is 1. The Labute approximate surface area is 206 Å². The molecule has 4 rings (SSSR count). The molecular formula is C24H39BN2O6S. The Kier molecular flexibility index (Phi) is 8.34. The van der Waals surface area contributed by atoms with Crippen LogP contribution in [0.3, 0.4) is 0 Å². The van der Waals surface area contributed by atoms with Crippen LogP contribution in [0.2, 0.25) is 6.32 Å². The SMILES string of the molecule is C[C@@H](O)[C@H]1C(=O)N2C(C(=O)O)=C(S[C@@H]3CCN(C4CCC(CCCCB(O)O)CC4)C3)[C@H](C)[C@H]12. The van der Waals surface area contributed by atoms with Gasteiger partial charge in [0.1, 0.15) is 5.70 Å². The first-order valence-electron chi connectivity index (χ1n) is 12.9. The van der Waals surface area contributed by atoms with E-state index in [4.69, 9.17) is 10.0 Å². The van der Waals surface area contributed by atoms with Crippen molar-refractivity contribution in [3.05, 3.63) is 10.6 Å². The zero-order chi connectivity index (χ0) is 24.6. The van der Waals surface area contributed by atoms with Crippen LogP contribution in [0.25, 0.3) is 0 Å². The zero-order valence-electron chi connectivity index (χ0n) is 20.3. The lowest BCUT2D eigenvalue weighted by molar-refractivity contribution is -0.163. The van der Waals surface area contributed by atoms with Crippen molar-refractivity contribution in [1.82, 2.24) is 9.80 Å². The molecule has 3 fully saturated rings. The summed E-state index contributed by atoms with van der Waals surface area (Å²) in [5, 5.41) is 38.2. The zero-order valence-corrected chi connectivity index (χ0v) is 21.1. The normalized spacial score (nSPS) is 34.9. The number of hydrogen-bond acceptors (Lipinski definition) is 7. The molecule has 190 valence electrons. The van der Waals surface area contributed by atoms with Crippen LogP contribution in [0.4, 0.5) is 0 Å². The summed E-state index contributed by atoms with van der Waals surface area (Å²) in [7, 11) is -1.18. The molecule has 2 saturated heterocycles.